The molecule has 0 saturated heterocycles. The number of carbonyl (C=O) groups excluding carboxylic acids is 1. The van der Waals surface area contributed by atoms with Gasteiger partial charge in [0.15, 0.2) is 6.29 Å². The van der Waals surface area contributed by atoms with Gasteiger partial charge in [-0.25, -0.2) is 4.79 Å². The lowest BCUT2D eigenvalue weighted by atomic mass is 9.78. The van der Waals surface area contributed by atoms with E-state index in [4.69, 9.17) is 25.4 Å². The topological polar surface area (TPSA) is 54.0 Å². The van der Waals surface area contributed by atoms with Gasteiger partial charge in [-0.05, 0) is 38.8 Å². The van der Waals surface area contributed by atoms with Crippen LogP contribution in [0.2, 0.25) is 0 Å². The number of rotatable bonds is 8. The summed E-state index contributed by atoms with van der Waals surface area (Å²) < 4.78 is 22.9. The smallest absolute Gasteiger partial charge is 0.333 e. The molecule has 0 aliphatic carbocycles. The molecular weight excluding hydrogens is 356 g/mol. The van der Waals surface area contributed by atoms with Gasteiger partial charge in [-0.15, -0.1) is 12.3 Å². The molecule has 3 atom stereocenters. The Labute approximate surface area is 167 Å². The van der Waals surface area contributed by atoms with Crippen molar-refractivity contribution in [2.75, 3.05) is 19.8 Å². The van der Waals surface area contributed by atoms with Gasteiger partial charge in [-0.1, -0.05) is 12.1 Å². The molecule has 2 heterocycles. The fourth-order valence-corrected chi connectivity index (χ4v) is 3.91. The zero-order valence-electron chi connectivity index (χ0n) is 16.6. The summed E-state index contributed by atoms with van der Waals surface area (Å²) in [5, 5.41) is 0. The van der Waals surface area contributed by atoms with Crippen LogP contribution in [0.4, 0.5) is 0 Å². The van der Waals surface area contributed by atoms with Gasteiger partial charge in [0, 0.05) is 42.4 Å². The molecule has 28 heavy (non-hydrogen) atoms. The van der Waals surface area contributed by atoms with Crippen LogP contribution in [0.15, 0.2) is 29.8 Å². The van der Waals surface area contributed by atoms with E-state index < -0.39 is 0 Å². The van der Waals surface area contributed by atoms with Gasteiger partial charge >= 0.3 is 5.97 Å². The van der Waals surface area contributed by atoms with E-state index >= 15 is 0 Å². The summed E-state index contributed by atoms with van der Waals surface area (Å²) in [6, 6.07) is 5.90. The van der Waals surface area contributed by atoms with E-state index in [9.17, 15) is 4.79 Å². The number of esters is 1. The fraction of sp³-hybridized carbons (Fsp3) is 0.522. The first kappa shape index (κ1) is 20.3. The van der Waals surface area contributed by atoms with Crippen molar-refractivity contribution in [1.29, 1.82) is 0 Å². The molecule has 5 nitrogen and oxygen atoms in total. The highest BCUT2D eigenvalue weighted by molar-refractivity contribution is 5.88. The molecule has 0 amide bonds. The molecule has 0 radical (unpaired) electrons. The third kappa shape index (κ3) is 4.51. The van der Waals surface area contributed by atoms with Gasteiger partial charge in [0.1, 0.15) is 11.5 Å². The largest absolute Gasteiger partial charge is 0.493 e. The van der Waals surface area contributed by atoms with E-state index in [0.29, 0.717) is 38.2 Å². The molecular formula is C23H28O5. The highest BCUT2D eigenvalue weighted by Crippen LogP contribution is 2.49. The third-order valence-corrected chi connectivity index (χ3v) is 5.22. The van der Waals surface area contributed by atoms with Crippen molar-refractivity contribution in [3.05, 3.63) is 35.4 Å². The van der Waals surface area contributed by atoms with Gasteiger partial charge < -0.3 is 18.9 Å². The Bertz CT molecular complexity index is 761. The first-order valence-electron chi connectivity index (χ1n) is 10.0. The minimum Gasteiger partial charge on any atom is -0.493 e. The molecule has 0 aromatic heterocycles. The number of terminal acetylenes is 1. The van der Waals surface area contributed by atoms with Gasteiger partial charge in [-0.3, -0.25) is 0 Å². The van der Waals surface area contributed by atoms with Crippen molar-refractivity contribution in [1.82, 2.24) is 0 Å². The van der Waals surface area contributed by atoms with Gasteiger partial charge in [-0.2, -0.15) is 0 Å². The van der Waals surface area contributed by atoms with E-state index in [1.54, 1.807) is 6.92 Å². The maximum atomic E-state index is 12.2. The first-order valence-corrected chi connectivity index (χ1v) is 10.0. The van der Waals surface area contributed by atoms with E-state index in [-0.39, 0.29) is 24.1 Å². The minimum absolute atomic E-state index is 0.232. The van der Waals surface area contributed by atoms with Gasteiger partial charge in [0.05, 0.1) is 13.2 Å². The highest BCUT2D eigenvalue weighted by Gasteiger charge is 2.39. The monoisotopic (exact) mass is 384 g/mol. The SMILES string of the molecule is C#CCC/C(=C\C[C@H]1COc2cccc3c2[C@@H]1C[C@@H](OCC)O3)C(=O)OCC. The molecule has 0 N–H and O–H groups in total. The molecule has 0 unspecified atom stereocenters. The van der Waals surface area contributed by atoms with E-state index in [0.717, 1.165) is 29.9 Å². The van der Waals surface area contributed by atoms with Crippen molar-refractivity contribution < 1.29 is 23.7 Å². The lowest BCUT2D eigenvalue weighted by molar-refractivity contribution is -0.138. The highest BCUT2D eigenvalue weighted by atomic mass is 16.7. The number of ether oxygens (including phenoxy) is 4. The standard InChI is InChI=1S/C23H28O5/c1-4-7-9-16(23(24)26-6-3)12-13-17-15-27-19-10-8-11-20-22(19)18(17)14-21(28-20)25-5-2/h1,8,10-12,17-18,21H,5-7,9,13-15H2,2-3H3/b16-12+/t17-,18+,21-/m0/s1. The quantitative estimate of drug-likeness (QED) is 0.382. The Balaban J connectivity index is 1.81. The molecule has 0 fully saturated rings. The van der Waals surface area contributed by atoms with Crippen LogP contribution in [-0.2, 0) is 14.3 Å². The van der Waals surface area contributed by atoms with E-state index in [1.807, 2.05) is 31.2 Å². The zero-order valence-corrected chi connectivity index (χ0v) is 16.6. The number of hydrogen-bond donors (Lipinski definition) is 0. The van der Waals surface area contributed by atoms with Crippen LogP contribution in [-0.4, -0.2) is 32.1 Å². The molecule has 1 aromatic rings. The number of allylic oxidation sites excluding steroid dienone is 1. The molecule has 2 aliphatic heterocycles. The minimum atomic E-state index is -0.283. The lowest BCUT2D eigenvalue weighted by Gasteiger charge is -2.40. The molecule has 0 spiro atoms. The molecule has 0 saturated carbocycles. The summed E-state index contributed by atoms with van der Waals surface area (Å²) >= 11 is 0. The Morgan fingerprint density at radius 2 is 2.14 bits per heavy atom. The van der Waals surface area contributed by atoms with E-state index in [1.165, 1.54) is 0 Å². The Morgan fingerprint density at radius 1 is 1.32 bits per heavy atom. The predicted octanol–water partition coefficient (Wildman–Crippen LogP) is 4.22. The zero-order chi connectivity index (χ0) is 19.9. The molecule has 3 rings (SSSR count). The number of benzene rings is 1. The van der Waals surface area contributed by atoms with Crippen molar-refractivity contribution in [2.45, 2.75) is 51.7 Å². The maximum absolute atomic E-state index is 12.2. The third-order valence-electron chi connectivity index (χ3n) is 5.22. The van der Waals surface area contributed by atoms with Crippen molar-refractivity contribution in [3.63, 3.8) is 0 Å². The Morgan fingerprint density at radius 3 is 2.89 bits per heavy atom. The van der Waals surface area contributed by atoms with Crippen LogP contribution in [0.5, 0.6) is 11.5 Å². The van der Waals surface area contributed by atoms with Crippen LogP contribution in [0.3, 0.4) is 0 Å². The van der Waals surface area contributed by atoms with Crippen LogP contribution in [0.25, 0.3) is 0 Å². The van der Waals surface area contributed by atoms with Crippen LogP contribution in [0, 0.1) is 18.3 Å². The number of hydrogen-bond acceptors (Lipinski definition) is 5. The normalized spacial score (nSPS) is 23.0. The molecule has 5 heteroatoms. The summed E-state index contributed by atoms with van der Waals surface area (Å²) in [7, 11) is 0. The summed E-state index contributed by atoms with van der Waals surface area (Å²) in [6.45, 7) is 5.33. The summed E-state index contributed by atoms with van der Waals surface area (Å²) in [5.41, 5.74) is 1.76. The fourth-order valence-electron chi connectivity index (χ4n) is 3.91. The molecule has 0 bridgehead atoms. The Hall–Kier alpha value is -2.45. The molecule has 150 valence electrons. The average molecular weight is 384 g/mol. The van der Waals surface area contributed by atoms with Gasteiger partial charge in [0.2, 0.25) is 0 Å². The summed E-state index contributed by atoms with van der Waals surface area (Å²) in [4.78, 5) is 12.2. The molecule has 1 aromatic carbocycles. The first-order chi connectivity index (χ1) is 13.7. The average Bonchev–Trinajstić information content (AvgIpc) is 2.70. The van der Waals surface area contributed by atoms with Crippen LogP contribution in [0.1, 0.15) is 51.0 Å². The number of carbonyl (C=O) groups is 1. The van der Waals surface area contributed by atoms with Crippen LogP contribution >= 0.6 is 0 Å². The predicted molar refractivity (Wildman–Crippen MR) is 106 cm³/mol. The summed E-state index contributed by atoms with van der Waals surface area (Å²) in [5.74, 6) is 4.52. The summed E-state index contributed by atoms with van der Waals surface area (Å²) in [6.07, 6.45) is 9.63. The van der Waals surface area contributed by atoms with Gasteiger partial charge in [0.25, 0.3) is 0 Å². The lowest BCUT2D eigenvalue weighted by Crippen LogP contribution is -2.36. The molecule has 2 aliphatic rings. The second kappa shape index (κ2) is 9.66. The second-order valence-electron chi connectivity index (χ2n) is 6.97. The van der Waals surface area contributed by atoms with Crippen molar-refractivity contribution >= 4 is 5.97 Å². The second-order valence-corrected chi connectivity index (χ2v) is 6.97. The maximum Gasteiger partial charge on any atom is 0.333 e. The van der Waals surface area contributed by atoms with Crippen LogP contribution < -0.4 is 9.47 Å². The van der Waals surface area contributed by atoms with E-state index in [2.05, 4.69) is 5.92 Å². The van der Waals surface area contributed by atoms with Crippen molar-refractivity contribution in [3.8, 4) is 23.8 Å². The van der Waals surface area contributed by atoms with Crippen molar-refractivity contribution in [2.24, 2.45) is 5.92 Å². The Kier molecular flexibility index (Phi) is 7.00.